The molecule has 136 valence electrons. The number of amides is 2. The zero-order valence-corrected chi connectivity index (χ0v) is 14.6. The van der Waals surface area contributed by atoms with Gasteiger partial charge in [0.1, 0.15) is 5.82 Å². The van der Waals surface area contributed by atoms with E-state index in [1.165, 1.54) is 12.1 Å². The van der Waals surface area contributed by atoms with Crippen molar-refractivity contribution in [3.05, 3.63) is 34.6 Å². The van der Waals surface area contributed by atoms with Crippen LogP contribution in [0, 0.1) is 5.82 Å². The first kappa shape index (κ1) is 18.1. The molecule has 1 aromatic rings. The van der Waals surface area contributed by atoms with Crippen molar-refractivity contribution in [2.75, 3.05) is 39.4 Å². The lowest BCUT2D eigenvalue weighted by Crippen LogP contribution is -2.56. The standard InChI is InChI=1S/C17H21ClFN3O3/c18-14-9-13(19)2-1-12(14)11-22-4-3-20-17(24)15(22)10-16(23)21-5-7-25-8-6-21/h1-2,9,15H,3-8,10-11H2,(H,20,24). The number of carbonyl (C=O) groups is 2. The first-order valence-electron chi connectivity index (χ1n) is 8.36. The second kappa shape index (κ2) is 8.12. The van der Waals surface area contributed by atoms with E-state index in [0.29, 0.717) is 51.0 Å². The molecule has 2 heterocycles. The van der Waals surface area contributed by atoms with Crippen molar-refractivity contribution in [3.63, 3.8) is 0 Å². The summed E-state index contributed by atoms with van der Waals surface area (Å²) in [4.78, 5) is 28.5. The zero-order chi connectivity index (χ0) is 17.8. The van der Waals surface area contributed by atoms with Gasteiger partial charge in [-0.25, -0.2) is 4.39 Å². The molecule has 1 aromatic carbocycles. The Morgan fingerprint density at radius 3 is 2.80 bits per heavy atom. The molecule has 1 unspecified atom stereocenters. The van der Waals surface area contributed by atoms with Crippen molar-refractivity contribution in [1.29, 1.82) is 0 Å². The highest BCUT2D eigenvalue weighted by atomic mass is 35.5. The molecule has 25 heavy (non-hydrogen) atoms. The van der Waals surface area contributed by atoms with Crippen molar-refractivity contribution in [2.45, 2.75) is 19.0 Å². The Kier molecular flexibility index (Phi) is 5.88. The quantitative estimate of drug-likeness (QED) is 0.861. The summed E-state index contributed by atoms with van der Waals surface area (Å²) in [7, 11) is 0. The van der Waals surface area contributed by atoms with E-state index in [4.69, 9.17) is 16.3 Å². The minimum Gasteiger partial charge on any atom is -0.378 e. The van der Waals surface area contributed by atoms with Crippen molar-refractivity contribution in [3.8, 4) is 0 Å². The summed E-state index contributed by atoms with van der Waals surface area (Å²) >= 11 is 6.10. The van der Waals surface area contributed by atoms with Gasteiger partial charge in [-0.15, -0.1) is 0 Å². The fraction of sp³-hybridized carbons (Fsp3) is 0.529. The molecule has 0 spiro atoms. The summed E-state index contributed by atoms with van der Waals surface area (Å²) in [6.45, 7) is 3.68. The molecule has 8 heteroatoms. The summed E-state index contributed by atoms with van der Waals surface area (Å²) in [5.41, 5.74) is 0.738. The summed E-state index contributed by atoms with van der Waals surface area (Å²) in [5.74, 6) is -0.615. The molecule has 2 aliphatic rings. The number of nitrogens with zero attached hydrogens (tertiary/aromatic N) is 2. The molecule has 0 radical (unpaired) electrons. The first-order chi connectivity index (χ1) is 12.0. The van der Waals surface area contributed by atoms with Gasteiger partial charge in [-0.1, -0.05) is 17.7 Å². The monoisotopic (exact) mass is 369 g/mol. The van der Waals surface area contributed by atoms with Crippen LogP contribution in [0.4, 0.5) is 4.39 Å². The van der Waals surface area contributed by atoms with Crippen molar-refractivity contribution < 1.29 is 18.7 Å². The highest BCUT2D eigenvalue weighted by Gasteiger charge is 2.33. The molecule has 0 aliphatic carbocycles. The lowest BCUT2D eigenvalue weighted by molar-refractivity contribution is -0.141. The number of halogens is 2. The molecule has 2 amide bonds. The molecular weight excluding hydrogens is 349 g/mol. The van der Waals surface area contributed by atoms with Gasteiger partial charge < -0.3 is 15.0 Å². The number of hydrogen-bond donors (Lipinski definition) is 1. The normalized spacial score (nSPS) is 21.9. The SMILES string of the molecule is O=C1NCCN(Cc2ccc(F)cc2Cl)C1CC(=O)N1CCOCC1. The molecule has 0 aromatic heterocycles. The molecule has 0 bridgehead atoms. The Balaban J connectivity index is 1.70. The van der Waals surface area contributed by atoms with Gasteiger partial charge in [0.2, 0.25) is 11.8 Å². The van der Waals surface area contributed by atoms with Gasteiger partial charge in [0.05, 0.1) is 25.7 Å². The van der Waals surface area contributed by atoms with E-state index in [1.807, 2.05) is 4.90 Å². The number of morpholine rings is 1. The minimum absolute atomic E-state index is 0.0550. The number of hydrogen-bond acceptors (Lipinski definition) is 4. The van der Waals surface area contributed by atoms with Crippen LogP contribution < -0.4 is 5.32 Å². The predicted octanol–water partition coefficient (Wildman–Crippen LogP) is 1.03. The Hall–Kier alpha value is -1.70. The molecule has 6 nitrogen and oxygen atoms in total. The van der Waals surface area contributed by atoms with Gasteiger partial charge in [0.25, 0.3) is 0 Å². The molecule has 2 aliphatic heterocycles. The van der Waals surface area contributed by atoms with E-state index < -0.39 is 11.9 Å². The topological polar surface area (TPSA) is 61.9 Å². The van der Waals surface area contributed by atoms with E-state index in [2.05, 4.69) is 5.32 Å². The van der Waals surface area contributed by atoms with Gasteiger partial charge >= 0.3 is 0 Å². The molecule has 1 atom stereocenters. The summed E-state index contributed by atoms with van der Waals surface area (Å²) in [5, 5.41) is 3.13. The van der Waals surface area contributed by atoms with Crippen LogP contribution in [-0.4, -0.2) is 67.0 Å². The number of ether oxygens (including phenoxy) is 1. The van der Waals surface area contributed by atoms with Crippen molar-refractivity contribution >= 4 is 23.4 Å². The first-order valence-corrected chi connectivity index (χ1v) is 8.73. The van der Waals surface area contributed by atoms with Gasteiger partial charge in [-0.3, -0.25) is 14.5 Å². The van der Waals surface area contributed by atoms with Gasteiger partial charge in [-0.05, 0) is 17.7 Å². The fourth-order valence-corrected chi connectivity index (χ4v) is 3.38. The van der Waals surface area contributed by atoms with Gasteiger partial charge in [0.15, 0.2) is 0 Å². The third-order valence-electron chi connectivity index (χ3n) is 4.56. The van der Waals surface area contributed by atoms with Crippen LogP contribution in [0.15, 0.2) is 18.2 Å². The Bertz CT molecular complexity index is 652. The van der Waals surface area contributed by atoms with Crippen LogP contribution in [0.5, 0.6) is 0 Å². The second-order valence-corrected chi connectivity index (χ2v) is 6.62. The Morgan fingerprint density at radius 2 is 2.08 bits per heavy atom. The highest BCUT2D eigenvalue weighted by molar-refractivity contribution is 6.31. The molecule has 2 saturated heterocycles. The lowest BCUT2D eigenvalue weighted by Gasteiger charge is -2.36. The Morgan fingerprint density at radius 1 is 1.32 bits per heavy atom. The van der Waals surface area contributed by atoms with E-state index in [1.54, 1.807) is 11.0 Å². The van der Waals surface area contributed by atoms with E-state index >= 15 is 0 Å². The zero-order valence-electron chi connectivity index (χ0n) is 13.8. The van der Waals surface area contributed by atoms with Crippen LogP contribution in [0.3, 0.4) is 0 Å². The average Bonchev–Trinajstić information content (AvgIpc) is 2.61. The third-order valence-corrected chi connectivity index (χ3v) is 4.91. The van der Waals surface area contributed by atoms with Crippen molar-refractivity contribution in [2.24, 2.45) is 0 Å². The third kappa shape index (κ3) is 4.48. The largest absolute Gasteiger partial charge is 0.378 e. The highest BCUT2D eigenvalue weighted by Crippen LogP contribution is 2.22. The van der Waals surface area contributed by atoms with Crippen molar-refractivity contribution in [1.82, 2.24) is 15.1 Å². The van der Waals surface area contributed by atoms with Crippen LogP contribution >= 0.6 is 11.6 Å². The summed E-state index contributed by atoms with van der Waals surface area (Å²) in [6.07, 6.45) is 0.116. The second-order valence-electron chi connectivity index (χ2n) is 6.21. The van der Waals surface area contributed by atoms with Gasteiger partial charge in [-0.2, -0.15) is 0 Å². The maximum Gasteiger partial charge on any atom is 0.237 e. The van der Waals surface area contributed by atoms with Crippen LogP contribution in [-0.2, 0) is 20.9 Å². The van der Waals surface area contributed by atoms with E-state index in [-0.39, 0.29) is 18.2 Å². The minimum atomic E-state index is -0.551. The van der Waals surface area contributed by atoms with Crippen LogP contribution in [0.25, 0.3) is 0 Å². The van der Waals surface area contributed by atoms with Gasteiger partial charge in [0, 0.05) is 37.7 Å². The number of piperazine rings is 1. The number of carbonyl (C=O) groups excluding carboxylic acids is 2. The predicted molar refractivity (Wildman–Crippen MR) is 90.6 cm³/mol. The summed E-state index contributed by atoms with van der Waals surface area (Å²) < 4.78 is 18.5. The van der Waals surface area contributed by atoms with E-state index in [0.717, 1.165) is 5.56 Å². The maximum absolute atomic E-state index is 13.2. The number of rotatable bonds is 4. The Labute approximate surface area is 150 Å². The molecule has 2 fully saturated rings. The fourth-order valence-electron chi connectivity index (χ4n) is 3.15. The molecule has 3 rings (SSSR count). The molecule has 1 N–H and O–H groups in total. The molecular formula is C17H21ClFN3O3. The number of benzene rings is 1. The number of nitrogens with one attached hydrogen (secondary N) is 1. The summed E-state index contributed by atoms with van der Waals surface area (Å²) in [6, 6.07) is 3.67. The maximum atomic E-state index is 13.2. The average molecular weight is 370 g/mol. The smallest absolute Gasteiger partial charge is 0.237 e. The lowest BCUT2D eigenvalue weighted by atomic mass is 10.1. The molecule has 0 saturated carbocycles. The van der Waals surface area contributed by atoms with E-state index in [9.17, 15) is 14.0 Å². The van der Waals surface area contributed by atoms with Crippen LogP contribution in [0.1, 0.15) is 12.0 Å². The van der Waals surface area contributed by atoms with Crippen LogP contribution in [0.2, 0.25) is 5.02 Å².